The van der Waals surface area contributed by atoms with Crippen molar-refractivity contribution in [3.05, 3.63) is 53.6 Å². The van der Waals surface area contributed by atoms with Gasteiger partial charge >= 0.3 is 0 Å². The lowest BCUT2D eigenvalue weighted by Gasteiger charge is -2.11. The van der Waals surface area contributed by atoms with Gasteiger partial charge in [-0.05, 0) is 36.6 Å². The molecule has 1 aliphatic heterocycles. The first-order valence-corrected chi connectivity index (χ1v) is 8.83. The molecule has 2 unspecified atom stereocenters. The van der Waals surface area contributed by atoms with E-state index in [1.165, 1.54) is 10.5 Å². The van der Waals surface area contributed by atoms with Crippen molar-refractivity contribution < 1.29 is 4.21 Å². The molecular weight excluding hydrogens is 286 g/mol. The fourth-order valence-corrected chi connectivity index (χ4v) is 5.45. The Morgan fingerprint density at radius 3 is 2.85 bits per heavy atom. The van der Waals surface area contributed by atoms with E-state index in [1.54, 1.807) is 0 Å². The maximum absolute atomic E-state index is 12.5. The Bertz CT molecular complexity index is 644. The van der Waals surface area contributed by atoms with E-state index in [2.05, 4.69) is 24.3 Å². The zero-order valence-corrected chi connectivity index (χ0v) is 13.0. The van der Waals surface area contributed by atoms with E-state index in [0.717, 1.165) is 16.9 Å². The molecule has 2 nitrogen and oxygen atoms in total. The molecule has 2 aromatic rings. The second kappa shape index (κ2) is 5.62. The highest BCUT2D eigenvalue weighted by Gasteiger charge is 2.24. The Balaban J connectivity index is 1.74. The van der Waals surface area contributed by atoms with E-state index in [9.17, 15) is 4.21 Å². The summed E-state index contributed by atoms with van der Waals surface area (Å²) in [6.45, 7) is 1.95. The normalized spacial score (nSPS) is 18.8. The fraction of sp³-hybridized carbons (Fsp3) is 0.250. The molecule has 20 heavy (non-hydrogen) atoms. The summed E-state index contributed by atoms with van der Waals surface area (Å²) in [6.07, 6.45) is 0.998. The third-order valence-corrected chi connectivity index (χ3v) is 6.66. The summed E-state index contributed by atoms with van der Waals surface area (Å²) in [6, 6.07) is 14.2. The average Bonchev–Trinajstić information content (AvgIpc) is 2.83. The van der Waals surface area contributed by atoms with Gasteiger partial charge in [0, 0.05) is 15.9 Å². The third-order valence-electron chi connectivity index (χ3n) is 3.58. The molecule has 0 amide bonds. The minimum Gasteiger partial charge on any atom is -0.398 e. The molecule has 0 saturated heterocycles. The van der Waals surface area contributed by atoms with Crippen LogP contribution in [0.3, 0.4) is 0 Å². The molecule has 2 aromatic carbocycles. The van der Waals surface area contributed by atoms with Crippen LogP contribution in [0.15, 0.2) is 52.3 Å². The quantitative estimate of drug-likeness (QED) is 0.884. The molecule has 0 aliphatic carbocycles. The van der Waals surface area contributed by atoms with Gasteiger partial charge in [-0.25, -0.2) is 0 Å². The summed E-state index contributed by atoms with van der Waals surface area (Å²) in [7, 11) is -1.03. The molecule has 0 saturated carbocycles. The highest BCUT2D eigenvalue weighted by Crippen LogP contribution is 2.37. The lowest BCUT2D eigenvalue weighted by Crippen LogP contribution is -2.14. The average molecular weight is 303 g/mol. The molecule has 104 valence electrons. The molecule has 0 spiro atoms. The molecule has 0 radical (unpaired) electrons. The number of anilines is 1. The molecule has 1 heterocycles. The van der Waals surface area contributed by atoms with E-state index in [1.807, 2.05) is 36.9 Å². The number of thioether (sulfide) groups is 1. The zero-order valence-electron chi connectivity index (χ0n) is 11.3. The first-order valence-electron chi connectivity index (χ1n) is 6.63. The van der Waals surface area contributed by atoms with Gasteiger partial charge in [0.15, 0.2) is 0 Å². The Labute approximate surface area is 126 Å². The van der Waals surface area contributed by atoms with Crippen LogP contribution < -0.4 is 5.73 Å². The molecule has 3 rings (SSSR count). The summed E-state index contributed by atoms with van der Waals surface area (Å²) >= 11 is 1.84. The first kappa shape index (κ1) is 13.7. The number of fused-ring (bicyclic) bond motifs is 1. The summed E-state index contributed by atoms with van der Waals surface area (Å²) < 4.78 is 12.5. The summed E-state index contributed by atoms with van der Waals surface area (Å²) in [5.41, 5.74) is 9.08. The number of para-hydroxylation sites is 1. The van der Waals surface area contributed by atoms with Gasteiger partial charge in [-0.1, -0.05) is 30.3 Å². The van der Waals surface area contributed by atoms with Gasteiger partial charge in [-0.15, -0.1) is 11.8 Å². The van der Waals surface area contributed by atoms with E-state index in [0.29, 0.717) is 16.7 Å². The van der Waals surface area contributed by atoms with Crippen molar-refractivity contribution >= 4 is 28.2 Å². The predicted molar refractivity (Wildman–Crippen MR) is 86.7 cm³/mol. The van der Waals surface area contributed by atoms with Gasteiger partial charge in [-0.3, -0.25) is 4.21 Å². The standard InChI is InChI=1S/C16H17NOS2/c1-11-5-4-8-15(16(11)17)20(18)10-13-9-12-6-2-3-7-14(12)19-13/h2-8,13H,9-10,17H2,1H3. The summed E-state index contributed by atoms with van der Waals surface area (Å²) in [5, 5.41) is 0.383. The second-order valence-electron chi connectivity index (χ2n) is 5.05. The predicted octanol–water partition coefficient (Wildman–Crippen LogP) is 3.40. The molecule has 1 aliphatic rings. The molecule has 0 bridgehead atoms. The number of benzene rings is 2. The molecule has 4 heteroatoms. The van der Waals surface area contributed by atoms with Gasteiger partial charge < -0.3 is 5.73 Å². The van der Waals surface area contributed by atoms with Crippen LogP contribution in [-0.2, 0) is 17.2 Å². The monoisotopic (exact) mass is 303 g/mol. The second-order valence-corrected chi connectivity index (χ2v) is 7.86. The van der Waals surface area contributed by atoms with Crippen molar-refractivity contribution in [3.8, 4) is 0 Å². The van der Waals surface area contributed by atoms with Crippen LogP contribution in [0, 0.1) is 6.92 Å². The first-order chi connectivity index (χ1) is 9.65. The molecule has 0 fully saturated rings. The number of hydrogen-bond donors (Lipinski definition) is 1. The molecular formula is C16H17NOS2. The lowest BCUT2D eigenvalue weighted by molar-refractivity contribution is 0.681. The van der Waals surface area contributed by atoms with Crippen LogP contribution in [0.1, 0.15) is 11.1 Å². The topological polar surface area (TPSA) is 43.1 Å². The van der Waals surface area contributed by atoms with Crippen molar-refractivity contribution in [3.63, 3.8) is 0 Å². The molecule has 2 atom stereocenters. The summed E-state index contributed by atoms with van der Waals surface area (Å²) in [4.78, 5) is 2.10. The van der Waals surface area contributed by atoms with Crippen molar-refractivity contribution in [2.24, 2.45) is 0 Å². The maximum atomic E-state index is 12.5. The van der Waals surface area contributed by atoms with Gasteiger partial charge in [0.1, 0.15) is 0 Å². The van der Waals surface area contributed by atoms with Crippen LogP contribution >= 0.6 is 11.8 Å². The van der Waals surface area contributed by atoms with E-state index < -0.39 is 10.8 Å². The summed E-state index contributed by atoms with van der Waals surface area (Å²) in [5.74, 6) is 0.660. The molecule has 0 aromatic heterocycles. The SMILES string of the molecule is Cc1cccc(S(=O)CC2Cc3ccccc3S2)c1N. The number of rotatable bonds is 3. The van der Waals surface area contributed by atoms with Gasteiger partial charge in [0.25, 0.3) is 0 Å². The van der Waals surface area contributed by atoms with Gasteiger partial charge in [0.05, 0.1) is 21.4 Å². The third kappa shape index (κ3) is 2.63. The Morgan fingerprint density at radius 1 is 1.25 bits per heavy atom. The minimum atomic E-state index is -1.03. The Kier molecular flexibility index (Phi) is 3.85. The number of aryl methyl sites for hydroxylation is 1. The van der Waals surface area contributed by atoms with Crippen molar-refractivity contribution in [1.82, 2.24) is 0 Å². The fourth-order valence-electron chi connectivity index (χ4n) is 2.46. The van der Waals surface area contributed by atoms with Crippen LogP contribution in [0.2, 0.25) is 0 Å². The largest absolute Gasteiger partial charge is 0.398 e. The number of nitrogen functional groups attached to an aromatic ring is 1. The van der Waals surface area contributed by atoms with Crippen molar-refractivity contribution in [2.45, 2.75) is 28.4 Å². The highest BCUT2D eigenvalue weighted by molar-refractivity contribution is 8.01. The highest BCUT2D eigenvalue weighted by atomic mass is 32.2. The minimum absolute atomic E-state index is 0.383. The van der Waals surface area contributed by atoms with Crippen LogP contribution in [0.4, 0.5) is 5.69 Å². The van der Waals surface area contributed by atoms with Crippen molar-refractivity contribution in [1.29, 1.82) is 0 Å². The number of nitrogens with two attached hydrogens (primary N) is 1. The van der Waals surface area contributed by atoms with E-state index >= 15 is 0 Å². The van der Waals surface area contributed by atoms with Gasteiger partial charge in [0.2, 0.25) is 0 Å². The number of hydrogen-bond acceptors (Lipinski definition) is 3. The van der Waals surface area contributed by atoms with Crippen LogP contribution in [-0.4, -0.2) is 15.2 Å². The van der Waals surface area contributed by atoms with Gasteiger partial charge in [-0.2, -0.15) is 0 Å². The maximum Gasteiger partial charge on any atom is 0.0620 e. The van der Waals surface area contributed by atoms with E-state index in [-0.39, 0.29) is 0 Å². The Morgan fingerprint density at radius 2 is 2.05 bits per heavy atom. The van der Waals surface area contributed by atoms with Crippen molar-refractivity contribution in [2.75, 3.05) is 11.5 Å². The van der Waals surface area contributed by atoms with Crippen LogP contribution in [0.5, 0.6) is 0 Å². The smallest absolute Gasteiger partial charge is 0.0620 e. The zero-order chi connectivity index (χ0) is 14.1. The van der Waals surface area contributed by atoms with Crippen LogP contribution in [0.25, 0.3) is 0 Å². The lowest BCUT2D eigenvalue weighted by atomic mass is 10.1. The van der Waals surface area contributed by atoms with E-state index in [4.69, 9.17) is 5.73 Å². The Hall–Kier alpha value is -1.26. The molecule has 2 N–H and O–H groups in total.